The summed E-state index contributed by atoms with van der Waals surface area (Å²) in [6, 6.07) is 28.0. The van der Waals surface area contributed by atoms with Gasteiger partial charge in [0.05, 0.1) is 51.4 Å². The largest absolute Gasteiger partial charge is 0.496 e. The summed E-state index contributed by atoms with van der Waals surface area (Å²) in [7, 11) is 3.16. The molecule has 2 saturated heterocycles. The number of ether oxygens (including phenoxy) is 2. The SMILES string of the molecule is C1CCNCC1.CC(C)N1CCCCC1.COc1ccnc2ccc(C#CCNC(=O)c3cccn(Cc4ccc(F)c(F)c4)c3=O)cc12.COc1ccnc2ccc(C#CCNC(=O)c3cccn(Cc4ccc(F)c(F)c4)c3=O)cc12. The number of carbonyl (C=O) groups excluding carboxylic acids is 2. The summed E-state index contributed by atoms with van der Waals surface area (Å²) < 4.78 is 66.4. The predicted octanol–water partition coefficient (Wildman–Crippen LogP) is 9.67. The van der Waals surface area contributed by atoms with Crippen molar-refractivity contribution in [2.75, 3.05) is 53.5 Å². The molecule has 0 radical (unpaired) electrons. The molecular weight excluding hydrogens is 1060 g/mol. The van der Waals surface area contributed by atoms with Gasteiger partial charge < -0.3 is 39.5 Å². The second-order valence-electron chi connectivity index (χ2n) is 19.7. The van der Waals surface area contributed by atoms with Crippen LogP contribution in [0.3, 0.4) is 0 Å². The van der Waals surface area contributed by atoms with E-state index in [1.54, 1.807) is 50.9 Å². The third kappa shape index (κ3) is 17.9. The van der Waals surface area contributed by atoms with Crippen LogP contribution in [0.25, 0.3) is 21.8 Å². The number of nitrogens with one attached hydrogen (secondary N) is 3. The lowest BCUT2D eigenvalue weighted by Crippen LogP contribution is -2.35. The summed E-state index contributed by atoms with van der Waals surface area (Å²) in [5, 5.41) is 10.1. The molecule has 2 aliphatic heterocycles. The van der Waals surface area contributed by atoms with Crippen LogP contribution in [0.15, 0.2) is 144 Å². The minimum Gasteiger partial charge on any atom is -0.496 e. The minimum absolute atomic E-state index is 0.00274. The number of aromatic nitrogens is 4. The maximum absolute atomic E-state index is 13.5. The normalized spacial score (nSPS) is 12.8. The van der Waals surface area contributed by atoms with Crippen LogP contribution in [0, 0.1) is 47.0 Å². The smallest absolute Gasteiger partial charge is 0.263 e. The first-order chi connectivity index (χ1) is 40.2. The number of halogens is 4. The summed E-state index contributed by atoms with van der Waals surface area (Å²) in [5.74, 6) is 7.93. The number of methoxy groups -OCH3 is 2. The van der Waals surface area contributed by atoms with Gasteiger partial charge in [-0.2, -0.15) is 0 Å². The molecule has 2 fully saturated rings. The Hall–Kier alpha value is -9.10. The van der Waals surface area contributed by atoms with Gasteiger partial charge in [0.25, 0.3) is 22.9 Å². The van der Waals surface area contributed by atoms with Crippen molar-refractivity contribution >= 4 is 33.6 Å². The Labute approximate surface area is 479 Å². The van der Waals surface area contributed by atoms with E-state index in [1.165, 1.54) is 110 Å². The van der Waals surface area contributed by atoms with E-state index in [0.717, 1.165) is 63.2 Å². The number of benzene rings is 4. The van der Waals surface area contributed by atoms with Crippen molar-refractivity contribution in [2.45, 2.75) is 71.5 Å². The van der Waals surface area contributed by atoms with Crippen molar-refractivity contribution in [1.82, 2.24) is 40.0 Å². The van der Waals surface area contributed by atoms with Crippen LogP contribution in [0.4, 0.5) is 17.6 Å². The first-order valence-corrected chi connectivity index (χ1v) is 27.3. The van der Waals surface area contributed by atoms with E-state index in [2.05, 4.69) is 68.3 Å². The molecule has 83 heavy (non-hydrogen) atoms. The molecule has 4 aromatic heterocycles. The number of likely N-dealkylation sites (tertiary alicyclic amines) is 1. The standard InChI is InChI=1S/2C26H19F2N3O3.C8H17N.C5H11N/c2*1-34-24-10-12-29-23-9-7-17(14-20(23)24)4-2-11-30-25(32)19-5-3-13-31(26(19)33)16-18-6-8-21(27)22(28)15-18;1-8(2)9-6-4-3-5-7-9;1-2-4-6-5-3-1/h2*3,5-10,12-15H,11,16H2,1H3,(H,30,32);8H,3-7H2,1-2H3;6H,1-5H2. The Kier molecular flexibility index (Phi) is 23.1. The molecule has 2 amide bonds. The van der Waals surface area contributed by atoms with Gasteiger partial charge in [-0.1, -0.05) is 48.7 Å². The average molecular weight is 1130 g/mol. The molecule has 2 aliphatic rings. The van der Waals surface area contributed by atoms with E-state index in [0.29, 0.717) is 22.6 Å². The number of fused-ring (bicyclic) bond motifs is 2. The highest BCUT2D eigenvalue weighted by molar-refractivity contribution is 5.94. The van der Waals surface area contributed by atoms with E-state index in [9.17, 15) is 36.7 Å². The monoisotopic (exact) mass is 1130 g/mol. The number of rotatable bonds is 11. The zero-order valence-corrected chi connectivity index (χ0v) is 46.9. The Balaban J connectivity index is 0.000000190. The fourth-order valence-electron chi connectivity index (χ4n) is 9.06. The van der Waals surface area contributed by atoms with E-state index in [4.69, 9.17) is 9.47 Å². The third-order valence-corrected chi connectivity index (χ3v) is 13.5. The maximum atomic E-state index is 13.5. The molecule has 0 unspecified atom stereocenters. The highest BCUT2D eigenvalue weighted by Gasteiger charge is 2.15. The Morgan fingerprint density at radius 1 is 0.578 bits per heavy atom. The van der Waals surface area contributed by atoms with Crippen LogP contribution < -0.4 is 36.5 Å². The molecule has 430 valence electrons. The predicted molar refractivity (Wildman–Crippen MR) is 315 cm³/mol. The first-order valence-electron chi connectivity index (χ1n) is 27.3. The van der Waals surface area contributed by atoms with Crippen LogP contribution in [0.2, 0.25) is 0 Å². The van der Waals surface area contributed by atoms with Gasteiger partial charge in [0.2, 0.25) is 0 Å². The molecule has 0 saturated carbocycles. The molecule has 6 heterocycles. The van der Waals surface area contributed by atoms with Crippen molar-refractivity contribution < 1.29 is 36.6 Å². The van der Waals surface area contributed by atoms with E-state index in [1.807, 2.05) is 36.4 Å². The fourth-order valence-corrected chi connectivity index (χ4v) is 9.06. The van der Waals surface area contributed by atoms with E-state index >= 15 is 0 Å². The third-order valence-electron chi connectivity index (χ3n) is 13.5. The molecule has 0 atom stereocenters. The number of hydrogen-bond donors (Lipinski definition) is 3. The fraction of sp³-hybridized carbons (Fsp3) is 0.292. The number of nitrogens with zero attached hydrogens (tertiary/aromatic N) is 5. The highest BCUT2D eigenvalue weighted by Crippen LogP contribution is 2.25. The van der Waals surface area contributed by atoms with E-state index in [-0.39, 0.29) is 37.3 Å². The molecule has 4 aromatic carbocycles. The number of pyridine rings is 4. The van der Waals surface area contributed by atoms with Gasteiger partial charge in [0.1, 0.15) is 22.6 Å². The van der Waals surface area contributed by atoms with Gasteiger partial charge >= 0.3 is 0 Å². The molecule has 14 nitrogen and oxygen atoms in total. The van der Waals surface area contributed by atoms with Crippen molar-refractivity contribution in [2.24, 2.45) is 0 Å². The van der Waals surface area contributed by atoms with Crippen LogP contribution in [-0.4, -0.2) is 95.3 Å². The molecule has 0 bridgehead atoms. The van der Waals surface area contributed by atoms with E-state index < -0.39 is 46.2 Å². The average Bonchev–Trinajstić information content (AvgIpc) is 3.71. The van der Waals surface area contributed by atoms with Crippen LogP contribution >= 0.6 is 0 Å². The van der Waals surface area contributed by atoms with Crippen molar-refractivity contribution in [3.05, 3.63) is 211 Å². The first kappa shape index (κ1) is 61.5. The van der Waals surface area contributed by atoms with Crippen LogP contribution in [0.5, 0.6) is 11.5 Å². The number of carbonyl (C=O) groups is 2. The Morgan fingerprint density at radius 2 is 1.02 bits per heavy atom. The van der Waals surface area contributed by atoms with Gasteiger partial charge in [-0.15, -0.1) is 0 Å². The zero-order valence-electron chi connectivity index (χ0n) is 46.9. The van der Waals surface area contributed by atoms with Crippen LogP contribution in [0.1, 0.15) is 95.3 Å². The molecule has 3 N–H and O–H groups in total. The molecule has 10 rings (SSSR count). The quantitative estimate of drug-likeness (QED) is 0.0841. The van der Waals surface area contributed by atoms with Crippen molar-refractivity contribution in [3.8, 4) is 35.2 Å². The number of piperidine rings is 2. The topological polar surface area (TPSA) is 162 Å². The van der Waals surface area contributed by atoms with Crippen LogP contribution in [-0.2, 0) is 13.1 Å². The second kappa shape index (κ2) is 31.2. The maximum Gasteiger partial charge on any atom is 0.263 e. The summed E-state index contributed by atoms with van der Waals surface area (Å²) >= 11 is 0. The Bertz CT molecular complexity index is 3540. The lowest BCUT2D eigenvalue weighted by Gasteiger charge is -2.29. The van der Waals surface area contributed by atoms with Gasteiger partial charge in [0, 0.05) is 52.7 Å². The van der Waals surface area contributed by atoms with Gasteiger partial charge in [-0.3, -0.25) is 29.1 Å². The van der Waals surface area contributed by atoms with Crippen molar-refractivity contribution in [1.29, 1.82) is 0 Å². The second-order valence-corrected chi connectivity index (χ2v) is 19.7. The lowest BCUT2D eigenvalue weighted by molar-refractivity contribution is 0.0948. The van der Waals surface area contributed by atoms with Gasteiger partial charge in [-0.25, -0.2) is 17.6 Å². The van der Waals surface area contributed by atoms with Gasteiger partial charge in [0.15, 0.2) is 23.3 Å². The highest BCUT2D eigenvalue weighted by atomic mass is 19.2. The summed E-state index contributed by atoms with van der Waals surface area (Å²) in [6.45, 7) is 9.78. The lowest BCUT2D eigenvalue weighted by atomic mass is 10.1. The molecule has 8 aromatic rings. The Morgan fingerprint density at radius 3 is 1.40 bits per heavy atom. The summed E-state index contributed by atoms with van der Waals surface area (Å²) in [5.41, 5.74) is 2.55. The zero-order chi connectivity index (χ0) is 59.1. The minimum atomic E-state index is -1.00. The number of amides is 2. The summed E-state index contributed by atoms with van der Waals surface area (Å²) in [4.78, 5) is 61.5. The molecule has 0 aliphatic carbocycles. The molecular formula is C65H66F4N8O6. The molecule has 0 spiro atoms. The van der Waals surface area contributed by atoms with Crippen molar-refractivity contribution in [3.63, 3.8) is 0 Å². The summed E-state index contributed by atoms with van der Waals surface area (Å²) in [6.07, 6.45) is 14.8. The van der Waals surface area contributed by atoms with Gasteiger partial charge in [-0.05, 0) is 174 Å². The molecule has 18 heteroatoms. The number of hydrogen-bond acceptors (Lipinski definition) is 10.